The molecule has 0 amide bonds. The average molecular weight is 322 g/mol. The molecule has 1 saturated carbocycles. The quantitative estimate of drug-likeness (QED) is 0.909. The van der Waals surface area contributed by atoms with E-state index in [9.17, 15) is 15.2 Å². The fourth-order valence-electron chi connectivity index (χ4n) is 4.08. The van der Waals surface area contributed by atoms with Gasteiger partial charge in [0.15, 0.2) is 5.78 Å². The summed E-state index contributed by atoms with van der Waals surface area (Å²) in [6, 6.07) is 7.91. The number of Topliss-reactive ketones (excluding diaryl/α,β-unsaturated/α-hetero) is 1. The van der Waals surface area contributed by atoms with Crippen LogP contribution in [0.2, 0.25) is 0 Å². The summed E-state index contributed by atoms with van der Waals surface area (Å²) in [5, 5.41) is 19.5. The molecule has 0 unspecified atom stereocenters. The van der Waals surface area contributed by atoms with Crippen LogP contribution in [-0.4, -0.2) is 28.9 Å². The van der Waals surface area contributed by atoms with Gasteiger partial charge in [-0.2, -0.15) is 5.26 Å². The van der Waals surface area contributed by atoms with Gasteiger partial charge in [0.1, 0.15) is 11.6 Å². The Labute approximate surface area is 142 Å². The third-order valence-electron chi connectivity index (χ3n) is 5.95. The second-order valence-corrected chi connectivity index (χ2v) is 7.51. The van der Waals surface area contributed by atoms with Crippen LogP contribution in [0.4, 0.5) is 0 Å². The first-order valence-electron chi connectivity index (χ1n) is 8.77. The number of likely N-dealkylation sites (tertiary alicyclic amines) is 1. The van der Waals surface area contributed by atoms with Crippen LogP contribution >= 0.6 is 0 Å². The maximum absolute atomic E-state index is 12.4. The van der Waals surface area contributed by atoms with Crippen LogP contribution in [0.15, 0.2) is 23.8 Å². The number of piperidine rings is 1. The van der Waals surface area contributed by atoms with Crippen molar-refractivity contribution in [2.24, 2.45) is 5.41 Å². The highest BCUT2D eigenvalue weighted by Gasteiger charge is 2.45. The zero-order valence-corrected chi connectivity index (χ0v) is 14.0. The normalized spacial score (nSPS) is 23.0. The third kappa shape index (κ3) is 2.44. The Morgan fingerprint density at radius 2 is 1.96 bits per heavy atom. The average Bonchev–Trinajstić information content (AvgIpc) is 3.33. The number of benzene rings is 1. The smallest absolute Gasteiger partial charge is 0.179 e. The molecule has 1 atom stereocenters. The predicted octanol–water partition coefficient (Wildman–Crippen LogP) is 2.98. The summed E-state index contributed by atoms with van der Waals surface area (Å²) in [5.74, 6) is -0.0866. The van der Waals surface area contributed by atoms with Crippen LogP contribution < -0.4 is 0 Å². The van der Waals surface area contributed by atoms with Gasteiger partial charge in [-0.25, -0.2) is 0 Å². The number of hydrogen-bond donors (Lipinski definition) is 1. The van der Waals surface area contributed by atoms with Crippen LogP contribution in [0.25, 0.3) is 5.70 Å². The number of aliphatic hydroxyl groups excluding tert-OH is 1. The lowest BCUT2D eigenvalue weighted by Gasteiger charge is -2.37. The predicted molar refractivity (Wildman–Crippen MR) is 90.8 cm³/mol. The zero-order valence-electron chi connectivity index (χ0n) is 14.0. The van der Waals surface area contributed by atoms with Gasteiger partial charge < -0.3 is 10.0 Å². The molecule has 1 N–H and O–H groups in total. The molecule has 1 aromatic carbocycles. The molecule has 124 valence electrons. The number of nitriles is 1. The van der Waals surface area contributed by atoms with E-state index in [1.165, 1.54) is 12.8 Å². The van der Waals surface area contributed by atoms with Gasteiger partial charge in [0.05, 0.1) is 11.8 Å². The molecule has 3 aliphatic rings. The van der Waals surface area contributed by atoms with Gasteiger partial charge >= 0.3 is 0 Å². The summed E-state index contributed by atoms with van der Waals surface area (Å²) in [7, 11) is 0. The number of rotatable bonds is 2. The second kappa shape index (κ2) is 5.46. The van der Waals surface area contributed by atoms with Crippen LogP contribution in [0.5, 0.6) is 0 Å². The number of aliphatic hydroxyl groups is 1. The largest absolute Gasteiger partial charge is 0.389 e. The maximum Gasteiger partial charge on any atom is 0.179 e. The molecule has 0 radical (unpaired) electrons. The van der Waals surface area contributed by atoms with Gasteiger partial charge in [0.25, 0.3) is 0 Å². The highest BCUT2D eigenvalue weighted by molar-refractivity contribution is 6.09. The number of ketones is 1. The van der Waals surface area contributed by atoms with Crippen molar-refractivity contribution in [3.8, 4) is 6.07 Å². The number of carbonyl (C=O) groups is 1. The number of nitrogens with zero attached hydrogens (tertiary/aromatic N) is 2. The van der Waals surface area contributed by atoms with Crippen molar-refractivity contribution in [1.29, 1.82) is 5.26 Å². The molecule has 1 aromatic rings. The molecule has 1 aliphatic heterocycles. The first kappa shape index (κ1) is 15.4. The molecule has 1 spiro atoms. The highest BCUT2D eigenvalue weighted by Crippen LogP contribution is 2.54. The molecule has 4 heteroatoms. The maximum atomic E-state index is 12.4. The van der Waals surface area contributed by atoms with Crippen molar-refractivity contribution in [2.75, 3.05) is 13.1 Å². The van der Waals surface area contributed by atoms with Crippen molar-refractivity contribution < 1.29 is 9.90 Å². The van der Waals surface area contributed by atoms with E-state index in [1.807, 2.05) is 18.2 Å². The van der Waals surface area contributed by atoms with Crippen molar-refractivity contribution in [3.05, 3.63) is 40.5 Å². The first-order chi connectivity index (χ1) is 11.5. The van der Waals surface area contributed by atoms with Crippen LogP contribution in [0.3, 0.4) is 0 Å². The fraction of sp³-hybridized carbons (Fsp3) is 0.500. The number of carbonyl (C=O) groups excluding carboxylic acids is 1. The van der Waals surface area contributed by atoms with Crippen molar-refractivity contribution in [1.82, 2.24) is 4.90 Å². The molecule has 0 bridgehead atoms. The van der Waals surface area contributed by atoms with E-state index in [-0.39, 0.29) is 17.8 Å². The lowest BCUT2D eigenvalue weighted by molar-refractivity contribution is -0.114. The van der Waals surface area contributed by atoms with Gasteiger partial charge in [-0.1, -0.05) is 12.1 Å². The van der Waals surface area contributed by atoms with E-state index in [1.54, 1.807) is 6.92 Å². The number of allylic oxidation sites excluding steroid dienone is 1. The standard InChI is InChI=1S/C20H22N2O2/c1-13(23)14-2-3-15-11-18(24)17(12-21)19(16(15)10-14)22-8-6-20(4-5-20)7-9-22/h2-3,10,13,23H,4-9,11H2,1H3/t13-/m0/s1. The molecular weight excluding hydrogens is 300 g/mol. The van der Waals surface area contributed by atoms with E-state index in [4.69, 9.17) is 0 Å². The number of fused-ring (bicyclic) bond motifs is 1. The Kier molecular flexibility index (Phi) is 3.51. The zero-order chi connectivity index (χ0) is 16.9. The third-order valence-corrected chi connectivity index (χ3v) is 5.95. The Hall–Kier alpha value is -2.12. The molecular formula is C20H22N2O2. The van der Waals surface area contributed by atoms with E-state index in [0.717, 1.165) is 48.3 Å². The van der Waals surface area contributed by atoms with Gasteiger partial charge in [0.2, 0.25) is 0 Å². The first-order valence-corrected chi connectivity index (χ1v) is 8.77. The van der Waals surface area contributed by atoms with E-state index >= 15 is 0 Å². The summed E-state index contributed by atoms with van der Waals surface area (Å²) < 4.78 is 0. The van der Waals surface area contributed by atoms with Crippen molar-refractivity contribution in [2.45, 2.75) is 45.1 Å². The summed E-state index contributed by atoms with van der Waals surface area (Å²) in [5.41, 5.74) is 4.38. The number of hydrogen-bond acceptors (Lipinski definition) is 4. The molecule has 24 heavy (non-hydrogen) atoms. The minimum Gasteiger partial charge on any atom is -0.389 e. The van der Waals surface area contributed by atoms with Crippen LogP contribution in [0, 0.1) is 16.7 Å². The molecule has 2 fully saturated rings. The molecule has 4 nitrogen and oxygen atoms in total. The summed E-state index contributed by atoms with van der Waals surface area (Å²) in [4.78, 5) is 14.7. The Balaban J connectivity index is 1.78. The fourth-order valence-corrected chi connectivity index (χ4v) is 4.08. The summed E-state index contributed by atoms with van der Waals surface area (Å²) in [6.07, 6.45) is 4.67. The van der Waals surface area contributed by atoms with Gasteiger partial charge in [0, 0.05) is 25.1 Å². The summed E-state index contributed by atoms with van der Waals surface area (Å²) in [6.45, 7) is 3.56. The summed E-state index contributed by atoms with van der Waals surface area (Å²) >= 11 is 0. The second-order valence-electron chi connectivity index (χ2n) is 7.51. The van der Waals surface area contributed by atoms with E-state index in [0.29, 0.717) is 5.41 Å². The van der Waals surface area contributed by atoms with Crippen LogP contribution in [0.1, 0.15) is 55.4 Å². The monoisotopic (exact) mass is 322 g/mol. The van der Waals surface area contributed by atoms with Gasteiger partial charge in [-0.3, -0.25) is 4.79 Å². The minimum absolute atomic E-state index is 0.0866. The molecule has 1 heterocycles. The van der Waals surface area contributed by atoms with Gasteiger partial charge in [-0.05, 0) is 55.2 Å². The molecule has 2 aliphatic carbocycles. The van der Waals surface area contributed by atoms with Gasteiger partial charge in [-0.15, -0.1) is 0 Å². The molecule has 4 rings (SSSR count). The van der Waals surface area contributed by atoms with Crippen molar-refractivity contribution in [3.63, 3.8) is 0 Å². The Bertz CT molecular complexity index is 771. The lowest BCUT2D eigenvalue weighted by Crippen LogP contribution is -2.36. The van der Waals surface area contributed by atoms with Crippen LogP contribution in [-0.2, 0) is 11.2 Å². The topological polar surface area (TPSA) is 64.3 Å². The SMILES string of the molecule is C[C@H](O)c1ccc2c(c1)C(N1CCC3(CC1)CC3)=C(C#N)C(=O)C2. The molecule has 0 aromatic heterocycles. The molecule has 1 saturated heterocycles. The Morgan fingerprint density at radius 3 is 2.54 bits per heavy atom. The van der Waals surface area contributed by atoms with E-state index < -0.39 is 6.10 Å². The highest BCUT2D eigenvalue weighted by atomic mass is 16.3. The van der Waals surface area contributed by atoms with Crippen molar-refractivity contribution >= 4 is 11.5 Å². The van der Waals surface area contributed by atoms with E-state index in [2.05, 4.69) is 11.0 Å². The minimum atomic E-state index is -0.559. The Morgan fingerprint density at radius 1 is 1.25 bits per heavy atom. The lowest BCUT2D eigenvalue weighted by atomic mass is 9.85.